The van der Waals surface area contributed by atoms with Gasteiger partial charge in [-0.2, -0.15) is 5.26 Å². The minimum Gasteiger partial charge on any atom is -0.381 e. The van der Waals surface area contributed by atoms with Crippen molar-refractivity contribution in [1.29, 1.82) is 5.26 Å². The van der Waals surface area contributed by atoms with Crippen LogP contribution in [0.4, 0.5) is 10.1 Å². The van der Waals surface area contributed by atoms with Gasteiger partial charge in [0.25, 0.3) is 0 Å². The summed E-state index contributed by atoms with van der Waals surface area (Å²) in [6.45, 7) is 4.23. The van der Waals surface area contributed by atoms with Gasteiger partial charge in [-0.15, -0.1) is 0 Å². The second-order valence-electron chi connectivity index (χ2n) is 3.84. The maximum Gasteiger partial charge on any atom is 0.124 e. The van der Waals surface area contributed by atoms with Gasteiger partial charge >= 0.3 is 0 Å². The van der Waals surface area contributed by atoms with Crippen LogP contribution in [0.25, 0.3) is 0 Å². The molecule has 1 atom stereocenters. The number of hydrogen-bond donors (Lipinski definition) is 1. The normalized spacial score (nSPS) is 11.9. The first-order valence-corrected chi connectivity index (χ1v) is 5.67. The molecule has 1 N–H and O–H groups in total. The Morgan fingerprint density at radius 3 is 2.75 bits per heavy atom. The third-order valence-corrected chi connectivity index (χ3v) is 2.59. The highest BCUT2D eigenvalue weighted by atomic mass is 19.1. The first-order chi connectivity index (χ1) is 7.71. The Hall–Kier alpha value is -1.56. The van der Waals surface area contributed by atoms with Crippen LogP contribution in [0.1, 0.15) is 38.7 Å². The molecule has 0 aromatic heterocycles. The van der Waals surface area contributed by atoms with Crippen LogP contribution in [0.2, 0.25) is 0 Å². The highest BCUT2D eigenvalue weighted by Gasteiger charge is 2.08. The van der Waals surface area contributed by atoms with Crippen LogP contribution in [-0.2, 0) is 0 Å². The van der Waals surface area contributed by atoms with Crippen molar-refractivity contribution in [3.63, 3.8) is 0 Å². The second kappa shape index (κ2) is 6.12. The minimum absolute atomic E-state index is 0.350. The number of anilines is 1. The lowest BCUT2D eigenvalue weighted by atomic mass is 10.1. The number of halogens is 1. The van der Waals surface area contributed by atoms with E-state index in [0.29, 0.717) is 11.6 Å². The monoisotopic (exact) mass is 220 g/mol. The zero-order chi connectivity index (χ0) is 12.0. The summed E-state index contributed by atoms with van der Waals surface area (Å²) in [6.07, 6.45) is 3.14. The number of nitrogens with one attached hydrogen (secondary N) is 1. The summed E-state index contributed by atoms with van der Waals surface area (Å²) in [4.78, 5) is 0. The van der Waals surface area contributed by atoms with E-state index >= 15 is 0 Å². The van der Waals surface area contributed by atoms with Crippen molar-refractivity contribution in [2.75, 3.05) is 5.32 Å². The first-order valence-electron chi connectivity index (χ1n) is 5.67. The van der Waals surface area contributed by atoms with Crippen molar-refractivity contribution in [3.8, 4) is 6.07 Å². The van der Waals surface area contributed by atoms with Gasteiger partial charge in [0.2, 0.25) is 0 Å². The fourth-order valence-electron chi connectivity index (χ4n) is 1.68. The average molecular weight is 220 g/mol. The van der Waals surface area contributed by atoms with E-state index in [9.17, 15) is 4.39 Å². The zero-order valence-electron chi connectivity index (χ0n) is 9.76. The van der Waals surface area contributed by atoms with Crippen molar-refractivity contribution in [2.45, 2.75) is 39.2 Å². The van der Waals surface area contributed by atoms with Crippen LogP contribution in [-0.4, -0.2) is 6.04 Å². The van der Waals surface area contributed by atoms with Crippen LogP contribution in [0.5, 0.6) is 0 Å². The van der Waals surface area contributed by atoms with Gasteiger partial charge in [-0.05, 0) is 31.0 Å². The molecule has 0 heterocycles. The van der Waals surface area contributed by atoms with Crippen LogP contribution in [0.3, 0.4) is 0 Å². The topological polar surface area (TPSA) is 35.8 Å². The number of hydrogen-bond acceptors (Lipinski definition) is 2. The van der Waals surface area contributed by atoms with Gasteiger partial charge in [0.1, 0.15) is 11.9 Å². The lowest BCUT2D eigenvalue weighted by molar-refractivity contribution is 0.618. The molecule has 86 valence electrons. The molecule has 0 saturated carbocycles. The molecule has 2 nitrogen and oxygen atoms in total. The Labute approximate surface area is 96.1 Å². The maximum absolute atomic E-state index is 12.9. The second-order valence-corrected chi connectivity index (χ2v) is 3.84. The molecule has 1 aromatic carbocycles. The van der Waals surface area contributed by atoms with E-state index in [1.807, 2.05) is 6.07 Å². The SMILES string of the molecule is CCCC(CC)Nc1ccc(F)cc1C#N. The quantitative estimate of drug-likeness (QED) is 0.821. The molecule has 0 aliphatic heterocycles. The molecule has 0 fully saturated rings. The molecule has 0 amide bonds. The van der Waals surface area contributed by atoms with Crippen LogP contribution in [0.15, 0.2) is 18.2 Å². The Morgan fingerprint density at radius 2 is 2.19 bits per heavy atom. The minimum atomic E-state index is -0.370. The predicted molar refractivity (Wildman–Crippen MR) is 63.7 cm³/mol. The Balaban J connectivity index is 2.83. The number of nitriles is 1. The van der Waals surface area contributed by atoms with Gasteiger partial charge in [-0.3, -0.25) is 0 Å². The summed E-state index contributed by atoms with van der Waals surface area (Å²) < 4.78 is 12.9. The molecular weight excluding hydrogens is 203 g/mol. The molecule has 1 rings (SSSR count). The van der Waals surface area contributed by atoms with Gasteiger partial charge < -0.3 is 5.32 Å². The third-order valence-electron chi connectivity index (χ3n) is 2.59. The maximum atomic E-state index is 12.9. The summed E-state index contributed by atoms with van der Waals surface area (Å²) in [5.41, 5.74) is 1.10. The molecule has 0 bridgehead atoms. The van der Waals surface area contributed by atoms with E-state index in [1.165, 1.54) is 12.1 Å². The summed E-state index contributed by atoms with van der Waals surface area (Å²) in [7, 11) is 0. The fourth-order valence-corrected chi connectivity index (χ4v) is 1.68. The van der Waals surface area contributed by atoms with E-state index < -0.39 is 0 Å². The van der Waals surface area contributed by atoms with E-state index in [4.69, 9.17) is 5.26 Å². The lowest BCUT2D eigenvalue weighted by Gasteiger charge is -2.18. The first kappa shape index (κ1) is 12.5. The molecule has 0 aliphatic rings. The third kappa shape index (κ3) is 3.23. The van der Waals surface area contributed by atoms with Gasteiger partial charge in [0.15, 0.2) is 0 Å². The highest BCUT2D eigenvalue weighted by Crippen LogP contribution is 2.19. The van der Waals surface area contributed by atoms with Gasteiger partial charge in [-0.25, -0.2) is 4.39 Å². The Bertz CT molecular complexity index is 382. The fraction of sp³-hybridized carbons (Fsp3) is 0.462. The van der Waals surface area contributed by atoms with Gasteiger partial charge in [0, 0.05) is 6.04 Å². The molecule has 3 heteroatoms. The van der Waals surface area contributed by atoms with E-state index in [2.05, 4.69) is 19.2 Å². The van der Waals surface area contributed by atoms with Crippen molar-refractivity contribution < 1.29 is 4.39 Å². The Kier molecular flexibility index (Phi) is 4.78. The standard InChI is InChI=1S/C13H17FN2/c1-3-5-12(4-2)16-13-7-6-11(14)8-10(13)9-15/h6-8,12,16H,3-5H2,1-2H3. The molecule has 0 saturated heterocycles. The molecular formula is C13H17FN2. The Morgan fingerprint density at radius 1 is 1.44 bits per heavy atom. The average Bonchev–Trinajstić information content (AvgIpc) is 2.30. The summed E-state index contributed by atoms with van der Waals surface area (Å²) in [6, 6.07) is 6.63. The van der Waals surface area contributed by atoms with E-state index in [0.717, 1.165) is 24.9 Å². The molecule has 0 spiro atoms. The van der Waals surface area contributed by atoms with Crippen molar-refractivity contribution >= 4 is 5.69 Å². The van der Waals surface area contributed by atoms with E-state index in [-0.39, 0.29) is 5.82 Å². The molecule has 0 aliphatic carbocycles. The largest absolute Gasteiger partial charge is 0.381 e. The van der Waals surface area contributed by atoms with Crippen LogP contribution in [0, 0.1) is 17.1 Å². The van der Waals surface area contributed by atoms with Crippen molar-refractivity contribution in [1.82, 2.24) is 0 Å². The summed E-state index contributed by atoms with van der Waals surface area (Å²) in [5, 5.41) is 12.2. The number of benzene rings is 1. The van der Waals surface area contributed by atoms with Crippen LogP contribution >= 0.6 is 0 Å². The smallest absolute Gasteiger partial charge is 0.124 e. The molecule has 0 radical (unpaired) electrons. The van der Waals surface area contributed by atoms with E-state index in [1.54, 1.807) is 6.07 Å². The highest BCUT2D eigenvalue weighted by molar-refractivity contribution is 5.57. The molecule has 1 aromatic rings. The summed E-state index contributed by atoms with van der Waals surface area (Å²) in [5.74, 6) is -0.370. The molecule has 1 unspecified atom stereocenters. The van der Waals surface area contributed by atoms with Crippen LogP contribution < -0.4 is 5.32 Å². The molecule has 16 heavy (non-hydrogen) atoms. The lowest BCUT2D eigenvalue weighted by Crippen LogP contribution is -2.18. The number of rotatable bonds is 5. The van der Waals surface area contributed by atoms with Crippen molar-refractivity contribution in [2.24, 2.45) is 0 Å². The summed E-state index contributed by atoms with van der Waals surface area (Å²) >= 11 is 0. The number of nitrogens with zero attached hydrogens (tertiary/aromatic N) is 1. The van der Waals surface area contributed by atoms with Gasteiger partial charge in [-0.1, -0.05) is 20.3 Å². The van der Waals surface area contributed by atoms with Crippen molar-refractivity contribution in [3.05, 3.63) is 29.6 Å². The van der Waals surface area contributed by atoms with Gasteiger partial charge in [0.05, 0.1) is 11.3 Å². The zero-order valence-corrected chi connectivity index (χ0v) is 9.76. The predicted octanol–water partition coefficient (Wildman–Crippen LogP) is 3.69.